The number of unbranched alkanes of at least 4 members (excludes halogenated alkanes) is 1. The predicted molar refractivity (Wildman–Crippen MR) is 103 cm³/mol. The standard InChI is InChI=1S/C19H24N4OS/c1-4-6-10-23(5-2)13-14-8-7-9-15(11-14)17-16(12-20)18(24)22-19(21-17)25-3/h7-9,11H,4-6,10,13H2,1-3H3,(H,21,22,24). The van der Waals surface area contributed by atoms with E-state index in [9.17, 15) is 10.1 Å². The van der Waals surface area contributed by atoms with Gasteiger partial charge < -0.3 is 4.98 Å². The van der Waals surface area contributed by atoms with Crippen LogP contribution in [0.15, 0.2) is 34.2 Å². The van der Waals surface area contributed by atoms with Crippen molar-refractivity contribution < 1.29 is 0 Å². The van der Waals surface area contributed by atoms with Crippen molar-refractivity contribution in [3.63, 3.8) is 0 Å². The first-order chi connectivity index (χ1) is 12.1. The molecule has 1 aromatic carbocycles. The van der Waals surface area contributed by atoms with Gasteiger partial charge in [-0.3, -0.25) is 9.69 Å². The quantitative estimate of drug-likeness (QED) is 0.577. The average molecular weight is 356 g/mol. The molecule has 0 bridgehead atoms. The van der Waals surface area contributed by atoms with Gasteiger partial charge in [0.1, 0.15) is 11.6 Å². The summed E-state index contributed by atoms with van der Waals surface area (Å²) < 4.78 is 0. The van der Waals surface area contributed by atoms with Crippen LogP contribution in [0.5, 0.6) is 0 Å². The van der Waals surface area contributed by atoms with Gasteiger partial charge in [-0.25, -0.2) is 4.98 Å². The molecule has 0 radical (unpaired) electrons. The summed E-state index contributed by atoms with van der Waals surface area (Å²) in [5.41, 5.74) is 2.09. The number of hydrogen-bond acceptors (Lipinski definition) is 5. The zero-order valence-corrected chi connectivity index (χ0v) is 15.8. The van der Waals surface area contributed by atoms with Gasteiger partial charge in [0.15, 0.2) is 5.16 Å². The SMILES string of the molecule is CCCCN(CC)Cc1cccc(-c2nc(SC)[nH]c(=O)c2C#N)c1. The lowest BCUT2D eigenvalue weighted by molar-refractivity contribution is 0.275. The molecule has 0 saturated carbocycles. The van der Waals surface area contributed by atoms with Crippen molar-refractivity contribution in [3.05, 3.63) is 45.7 Å². The first-order valence-electron chi connectivity index (χ1n) is 8.53. The van der Waals surface area contributed by atoms with E-state index in [4.69, 9.17) is 0 Å². The number of nitriles is 1. The molecule has 2 rings (SSSR count). The van der Waals surface area contributed by atoms with Gasteiger partial charge in [0, 0.05) is 12.1 Å². The number of aromatic amines is 1. The van der Waals surface area contributed by atoms with Crippen LogP contribution in [-0.2, 0) is 6.54 Å². The Labute approximate surface area is 153 Å². The van der Waals surface area contributed by atoms with Crippen molar-refractivity contribution in [2.45, 2.75) is 38.4 Å². The van der Waals surface area contributed by atoms with Crippen molar-refractivity contribution >= 4 is 11.8 Å². The summed E-state index contributed by atoms with van der Waals surface area (Å²) in [6, 6.07) is 9.95. The van der Waals surface area contributed by atoms with Crippen molar-refractivity contribution in [2.24, 2.45) is 0 Å². The van der Waals surface area contributed by atoms with Gasteiger partial charge in [0.2, 0.25) is 0 Å². The van der Waals surface area contributed by atoms with Crippen LogP contribution in [0.4, 0.5) is 0 Å². The highest BCUT2D eigenvalue weighted by atomic mass is 32.2. The second kappa shape index (κ2) is 9.40. The zero-order valence-electron chi connectivity index (χ0n) is 15.0. The Bertz CT molecular complexity index is 810. The molecule has 0 aliphatic rings. The first-order valence-corrected chi connectivity index (χ1v) is 9.75. The maximum atomic E-state index is 12.1. The zero-order chi connectivity index (χ0) is 18.2. The lowest BCUT2D eigenvalue weighted by atomic mass is 10.0. The first kappa shape index (κ1) is 19.2. The highest BCUT2D eigenvalue weighted by molar-refractivity contribution is 7.98. The van der Waals surface area contributed by atoms with Crippen LogP contribution in [0.25, 0.3) is 11.3 Å². The number of nitrogens with one attached hydrogen (secondary N) is 1. The van der Waals surface area contributed by atoms with Gasteiger partial charge in [-0.2, -0.15) is 5.26 Å². The monoisotopic (exact) mass is 356 g/mol. The number of rotatable bonds is 8. The van der Waals surface area contributed by atoms with Crippen molar-refractivity contribution in [1.29, 1.82) is 5.26 Å². The molecule has 1 heterocycles. The van der Waals surface area contributed by atoms with Crippen LogP contribution in [-0.4, -0.2) is 34.2 Å². The molecule has 1 aromatic heterocycles. The Hall–Kier alpha value is -2.10. The van der Waals surface area contributed by atoms with Crippen LogP contribution < -0.4 is 5.56 Å². The maximum absolute atomic E-state index is 12.1. The summed E-state index contributed by atoms with van der Waals surface area (Å²) in [4.78, 5) is 21.6. The summed E-state index contributed by atoms with van der Waals surface area (Å²) in [6.07, 6.45) is 4.20. The molecule has 0 spiro atoms. The normalized spacial score (nSPS) is 10.8. The maximum Gasteiger partial charge on any atom is 0.270 e. The lowest BCUT2D eigenvalue weighted by Gasteiger charge is -2.20. The van der Waals surface area contributed by atoms with Gasteiger partial charge in [-0.1, -0.05) is 50.2 Å². The minimum Gasteiger partial charge on any atom is -0.300 e. The van der Waals surface area contributed by atoms with E-state index in [1.807, 2.05) is 30.5 Å². The summed E-state index contributed by atoms with van der Waals surface area (Å²) >= 11 is 1.35. The summed E-state index contributed by atoms with van der Waals surface area (Å²) in [7, 11) is 0. The number of nitrogens with zero attached hydrogens (tertiary/aromatic N) is 3. The molecule has 2 aromatic rings. The van der Waals surface area contributed by atoms with Gasteiger partial charge >= 0.3 is 0 Å². The van der Waals surface area contributed by atoms with Crippen molar-refractivity contribution in [2.75, 3.05) is 19.3 Å². The van der Waals surface area contributed by atoms with Crippen LogP contribution in [0.3, 0.4) is 0 Å². The van der Waals surface area contributed by atoms with Crippen molar-refractivity contribution in [3.8, 4) is 17.3 Å². The predicted octanol–water partition coefficient (Wildman–Crippen LogP) is 3.65. The number of benzene rings is 1. The van der Waals surface area contributed by atoms with Crippen molar-refractivity contribution in [1.82, 2.24) is 14.9 Å². The van der Waals surface area contributed by atoms with Crippen LogP contribution in [0.2, 0.25) is 0 Å². The number of aromatic nitrogens is 2. The van der Waals surface area contributed by atoms with Crippen LogP contribution in [0.1, 0.15) is 37.8 Å². The molecular weight excluding hydrogens is 332 g/mol. The summed E-state index contributed by atoms with van der Waals surface area (Å²) in [5.74, 6) is 0. The number of thioether (sulfide) groups is 1. The molecule has 132 valence electrons. The highest BCUT2D eigenvalue weighted by Crippen LogP contribution is 2.23. The Morgan fingerprint density at radius 1 is 1.36 bits per heavy atom. The molecule has 0 aliphatic heterocycles. The average Bonchev–Trinajstić information content (AvgIpc) is 2.64. The molecule has 1 N–H and O–H groups in total. The van der Waals surface area contributed by atoms with E-state index >= 15 is 0 Å². The van der Waals surface area contributed by atoms with Crippen LogP contribution in [0, 0.1) is 11.3 Å². The molecule has 25 heavy (non-hydrogen) atoms. The summed E-state index contributed by atoms with van der Waals surface area (Å²) in [6.45, 7) is 7.27. The molecule has 0 saturated heterocycles. The minimum absolute atomic E-state index is 0.0632. The second-order valence-corrected chi connectivity index (χ2v) is 6.63. The molecule has 0 aliphatic carbocycles. The molecular formula is C19H24N4OS. The fraction of sp³-hybridized carbons (Fsp3) is 0.421. The smallest absolute Gasteiger partial charge is 0.270 e. The lowest BCUT2D eigenvalue weighted by Crippen LogP contribution is -2.23. The fourth-order valence-electron chi connectivity index (χ4n) is 2.67. The second-order valence-electron chi connectivity index (χ2n) is 5.83. The van der Waals surface area contributed by atoms with E-state index in [1.165, 1.54) is 24.6 Å². The van der Waals surface area contributed by atoms with E-state index in [2.05, 4.69) is 34.8 Å². The van der Waals surface area contributed by atoms with E-state index in [-0.39, 0.29) is 11.1 Å². The third kappa shape index (κ3) is 4.94. The molecule has 6 heteroatoms. The molecule has 0 atom stereocenters. The van der Waals surface area contributed by atoms with E-state index < -0.39 is 0 Å². The molecule has 0 fully saturated rings. The third-order valence-electron chi connectivity index (χ3n) is 4.08. The molecule has 0 unspecified atom stereocenters. The fourth-order valence-corrected chi connectivity index (χ4v) is 3.05. The number of hydrogen-bond donors (Lipinski definition) is 1. The minimum atomic E-state index is -0.389. The van der Waals surface area contributed by atoms with Crippen LogP contribution >= 0.6 is 11.8 Å². The van der Waals surface area contributed by atoms with Gasteiger partial charge in [0.05, 0.1) is 5.69 Å². The van der Waals surface area contributed by atoms with E-state index in [1.54, 1.807) is 0 Å². The Balaban J connectivity index is 2.37. The number of H-pyrrole nitrogens is 1. The Morgan fingerprint density at radius 2 is 2.16 bits per heavy atom. The highest BCUT2D eigenvalue weighted by Gasteiger charge is 2.14. The largest absolute Gasteiger partial charge is 0.300 e. The molecule has 0 amide bonds. The van der Waals surface area contributed by atoms with Gasteiger partial charge in [-0.15, -0.1) is 0 Å². The van der Waals surface area contributed by atoms with E-state index in [0.717, 1.165) is 30.8 Å². The molecule has 5 nitrogen and oxygen atoms in total. The Kier molecular flexibility index (Phi) is 7.23. The topological polar surface area (TPSA) is 72.8 Å². The van der Waals surface area contributed by atoms with Gasteiger partial charge in [0.25, 0.3) is 5.56 Å². The Morgan fingerprint density at radius 3 is 2.80 bits per heavy atom. The van der Waals surface area contributed by atoms with E-state index in [0.29, 0.717) is 10.9 Å². The summed E-state index contributed by atoms with van der Waals surface area (Å²) in [5, 5.41) is 9.87. The third-order valence-corrected chi connectivity index (χ3v) is 4.66. The van der Waals surface area contributed by atoms with Gasteiger partial charge in [-0.05, 0) is 37.4 Å².